The third-order valence-electron chi connectivity index (χ3n) is 3.98. The summed E-state index contributed by atoms with van der Waals surface area (Å²) in [7, 11) is 0. The van der Waals surface area contributed by atoms with Crippen LogP contribution in [0.15, 0.2) is 24.3 Å². The molecule has 5 heteroatoms. The lowest BCUT2D eigenvalue weighted by Crippen LogP contribution is -2.39. The minimum atomic E-state index is -0.900. The summed E-state index contributed by atoms with van der Waals surface area (Å²) in [4.78, 5) is 13.8. The van der Waals surface area contributed by atoms with E-state index in [1.807, 2.05) is 24.3 Å². The van der Waals surface area contributed by atoms with Crippen molar-refractivity contribution in [2.75, 3.05) is 44.7 Å². The molecular formula is C16H24N2O3. The summed E-state index contributed by atoms with van der Waals surface area (Å²) in [5.41, 5.74) is 0.820. The predicted molar refractivity (Wildman–Crippen MR) is 82.9 cm³/mol. The largest absolute Gasteiger partial charge is 0.481 e. The Morgan fingerprint density at radius 1 is 1.33 bits per heavy atom. The average molecular weight is 292 g/mol. The lowest BCUT2D eigenvalue weighted by molar-refractivity contribution is -0.142. The standard InChI is InChI=1S/C16H24N2O3/c1-16(2,15(19)20)13-5-3-4-6-14(13)17-7-8-18-9-11-21-12-10-18/h3-6,17H,7-12H2,1-2H3,(H,19,20). The number of rotatable bonds is 6. The Bertz CT molecular complexity index is 482. The van der Waals surface area contributed by atoms with Gasteiger partial charge in [-0.2, -0.15) is 0 Å². The summed E-state index contributed by atoms with van der Waals surface area (Å²) in [6, 6.07) is 7.64. The van der Waals surface area contributed by atoms with Gasteiger partial charge in [-0.3, -0.25) is 9.69 Å². The molecule has 2 N–H and O–H groups in total. The van der Waals surface area contributed by atoms with Gasteiger partial charge in [0.2, 0.25) is 0 Å². The number of nitrogens with one attached hydrogen (secondary N) is 1. The first-order chi connectivity index (χ1) is 10.0. The molecule has 0 saturated carbocycles. The van der Waals surface area contributed by atoms with Crippen molar-refractivity contribution in [3.8, 4) is 0 Å². The number of benzene rings is 1. The number of nitrogens with zero attached hydrogens (tertiary/aromatic N) is 1. The van der Waals surface area contributed by atoms with Crippen LogP contribution in [0, 0.1) is 0 Å². The fourth-order valence-electron chi connectivity index (χ4n) is 2.47. The van der Waals surface area contributed by atoms with Gasteiger partial charge in [-0.15, -0.1) is 0 Å². The SMILES string of the molecule is CC(C)(C(=O)O)c1ccccc1NCCN1CCOCC1. The van der Waals surface area contributed by atoms with Gasteiger partial charge >= 0.3 is 5.97 Å². The van der Waals surface area contributed by atoms with E-state index in [9.17, 15) is 9.90 Å². The molecule has 116 valence electrons. The van der Waals surface area contributed by atoms with E-state index in [1.54, 1.807) is 13.8 Å². The average Bonchev–Trinajstić information content (AvgIpc) is 2.48. The monoisotopic (exact) mass is 292 g/mol. The quantitative estimate of drug-likeness (QED) is 0.837. The van der Waals surface area contributed by atoms with Crippen LogP contribution in [-0.2, 0) is 14.9 Å². The van der Waals surface area contributed by atoms with E-state index in [0.29, 0.717) is 0 Å². The van der Waals surface area contributed by atoms with Crippen molar-refractivity contribution in [3.63, 3.8) is 0 Å². The summed E-state index contributed by atoms with van der Waals surface area (Å²) in [6.07, 6.45) is 0. The van der Waals surface area contributed by atoms with E-state index in [4.69, 9.17) is 4.74 Å². The van der Waals surface area contributed by atoms with Gasteiger partial charge in [-0.1, -0.05) is 18.2 Å². The van der Waals surface area contributed by atoms with Crippen LogP contribution in [0.3, 0.4) is 0 Å². The summed E-state index contributed by atoms with van der Waals surface area (Å²) in [5.74, 6) is -0.815. The van der Waals surface area contributed by atoms with E-state index in [-0.39, 0.29) is 0 Å². The highest BCUT2D eigenvalue weighted by Crippen LogP contribution is 2.30. The van der Waals surface area contributed by atoms with Gasteiger partial charge < -0.3 is 15.2 Å². The highest BCUT2D eigenvalue weighted by Gasteiger charge is 2.31. The van der Waals surface area contributed by atoms with Crippen molar-refractivity contribution >= 4 is 11.7 Å². The first-order valence-corrected chi connectivity index (χ1v) is 7.38. The number of morpholine rings is 1. The molecule has 1 heterocycles. The van der Waals surface area contributed by atoms with Crippen LogP contribution in [-0.4, -0.2) is 55.4 Å². The molecule has 0 radical (unpaired) electrons. The molecule has 0 unspecified atom stereocenters. The molecule has 21 heavy (non-hydrogen) atoms. The third-order valence-corrected chi connectivity index (χ3v) is 3.98. The second kappa shape index (κ2) is 6.91. The normalized spacial score (nSPS) is 16.7. The number of carbonyl (C=O) groups is 1. The van der Waals surface area contributed by atoms with E-state index in [0.717, 1.165) is 50.6 Å². The number of para-hydroxylation sites is 1. The zero-order valence-corrected chi connectivity index (χ0v) is 12.8. The van der Waals surface area contributed by atoms with E-state index < -0.39 is 11.4 Å². The molecular weight excluding hydrogens is 268 g/mol. The van der Waals surface area contributed by atoms with Gasteiger partial charge in [0.25, 0.3) is 0 Å². The zero-order valence-electron chi connectivity index (χ0n) is 12.8. The van der Waals surface area contributed by atoms with Crippen molar-refractivity contribution in [1.29, 1.82) is 0 Å². The Morgan fingerprint density at radius 2 is 2.00 bits per heavy atom. The van der Waals surface area contributed by atoms with Gasteiger partial charge in [-0.05, 0) is 25.5 Å². The second-order valence-corrected chi connectivity index (χ2v) is 5.86. The molecule has 0 spiro atoms. The van der Waals surface area contributed by atoms with Crippen LogP contribution in [0.25, 0.3) is 0 Å². The van der Waals surface area contributed by atoms with Gasteiger partial charge in [0.05, 0.1) is 18.6 Å². The first-order valence-electron chi connectivity index (χ1n) is 7.38. The molecule has 0 atom stereocenters. The molecule has 0 amide bonds. The lowest BCUT2D eigenvalue weighted by Gasteiger charge is -2.28. The highest BCUT2D eigenvalue weighted by molar-refractivity contribution is 5.83. The molecule has 1 fully saturated rings. The molecule has 2 rings (SSSR count). The highest BCUT2D eigenvalue weighted by atomic mass is 16.5. The van der Waals surface area contributed by atoms with Gasteiger partial charge in [0, 0.05) is 31.9 Å². The van der Waals surface area contributed by atoms with Crippen molar-refractivity contribution in [2.24, 2.45) is 0 Å². The molecule has 0 bridgehead atoms. The number of hydrogen-bond donors (Lipinski definition) is 2. The molecule has 0 aliphatic carbocycles. The van der Waals surface area contributed by atoms with Crippen LogP contribution in [0.1, 0.15) is 19.4 Å². The lowest BCUT2D eigenvalue weighted by atomic mass is 9.83. The molecule has 0 aromatic heterocycles. The molecule has 1 aromatic rings. The van der Waals surface area contributed by atoms with Gasteiger partial charge in [0.1, 0.15) is 0 Å². The van der Waals surface area contributed by atoms with Crippen LogP contribution < -0.4 is 5.32 Å². The Hall–Kier alpha value is -1.59. The Morgan fingerprint density at radius 3 is 2.67 bits per heavy atom. The number of ether oxygens (including phenoxy) is 1. The van der Waals surface area contributed by atoms with Crippen LogP contribution in [0.5, 0.6) is 0 Å². The van der Waals surface area contributed by atoms with Gasteiger partial charge in [0.15, 0.2) is 0 Å². The topological polar surface area (TPSA) is 61.8 Å². The number of carboxylic acid groups (broad SMARTS) is 1. The van der Waals surface area contributed by atoms with E-state index >= 15 is 0 Å². The Labute approximate surface area is 125 Å². The minimum Gasteiger partial charge on any atom is -0.481 e. The smallest absolute Gasteiger partial charge is 0.313 e. The van der Waals surface area contributed by atoms with Crippen molar-refractivity contribution in [1.82, 2.24) is 4.90 Å². The van der Waals surface area contributed by atoms with Crippen LogP contribution in [0.2, 0.25) is 0 Å². The van der Waals surface area contributed by atoms with E-state index in [2.05, 4.69) is 10.2 Å². The summed E-state index contributed by atoms with van der Waals surface area (Å²) in [6.45, 7) is 8.71. The Kier molecular flexibility index (Phi) is 5.20. The maximum atomic E-state index is 11.4. The predicted octanol–water partition coefficient (Wildman–Crippen LogP) is 1.79. The third kappa shape index (κ3) is 3.95. The van der Waals surface area contributed by atoms with Crippen LogP contribution in [0.4, 0.5) is 5.69 Å². The fourth-order valence-corrected chi connectivity index (χ4v) is 2.47. The zero-order chi connectivity index (χ0) is 15.3. The number of carboxylic acids is 1. The number of anilines is 1. The minimum absolute atomic E-state index is 0.794. The van der Waals surface area contributed by atoms with Crippen LogP contribution >= 0.6 is 0 Å². The van der Waals surface area contributed by atoms with E-state index in [1.165, 1.54) is 0 Å². The molecule has 5 nitrogen and oxygen atoms in total. The number of aliphatic carboxylic acids is 1. The van der Waals surface area contributed by atoms with Crippen molar-refractivity contribution in [2.45, 2.75) is 19.3 Å². The molecule has 1 aliphatic heterocycles. The summed E-state index contributed by atoms with van der Waals surface area (Å²) < 4.78 is 5.33. The summed E-state index contributed by atoms with van der Waals surface area (Å²) in [5, 5.41) is 12.8. The number of hydrogen-bond acceptors (Lipinski definition) is 4. The van der Waals surface area contributed by atoms with Gasteiger partial charge in [-0.25, -0.2) is 0 Å². The molecule has 1 saturated heterocycles. The maximum absolute atomic E-state index is 11.4. The summed E-state index contributed by atoms with van der Waals surface area (Å²) >= 11 is 0. The molecule has 1 aromatic carbocycles. The molecule has 1 aliphatic rings. The first kappa shape index (κ1) is 15.8. The van der Waals surface area contributed by atoms with Crippen molar-refractivity contribution < 1.29 is 14.6 Å². The second-order valence-electron chi connectivity index (χ2n) is 5.86. The maximum Gasteiger partial charge on any atom is 0.313 e. The van der Waals surface area contributed by atoms with Crippen molar-refractivity contribution in [3.05, 3.63) is 29.8 Å². The fraction of sp³-hybridized carbons (Fsp3) is 0.562. The Balaban J connectivity index is 1.98.